The molecule has 0 spiro atoms. The molecular weight excluding hydrogens is 275 g/mol. The van der Waals surface area contributed by atoms with E-state index in [-0.39, 0.29) is 0 Å². The minimum Gasteiger partial charge on any atom is -0.397 e. The molecule has 0 atom stereocenters. The minimum atomic E-state index is 0.503. The maximum atomic E-state index is 8.87. The van der Waals surface area contributed by atoms with Crippen LogP contribution in [0.25, 0.3) is 5.70 Å². The van der Waals surface area contributed by atoms with Gasteiger partial charge in [-0.05, 0) is 18.6 Å². The van der Waals surface area contributed by atoms with Crippen molar-refractivity contribution in [2.24, 2.45) is 5.73 Å². The van der Waals surface area contributed by atoms with E-state index in [9.17, 15) is 0 Å². The fraction of sp³-hybridized carbons (Fsp3) is 0.182. The van der Waals surface area contributed by atoms with E-state index in [1.165, 1.54) is 0 Å². The van der Waals surface area contributed by atoms with Crippen molar-refractivity contribution in [2.45, 2.75) is 13.3 Å². The van der Waals surface area contributed by atoms with Gasteiger partial charge in [-0.15, -0.1) is 0 Å². The van der Waals surface area contributed by atoms with Crippen LogP contribution in [0.5, 0.6) is 0 Å². The van der Waals surface area contributed by atoms with Crippen LogP contribution in [0.4, 0.5) is 0 Å². The van der Waals surface area contributed by atoms with Crippen molar-refractivity contribution in [3.05, 3.63) is 38.8 Å². The van der Waals surface area contributed by atoms with Gasteiger partial charge in [0.25, 0.3) is 0 Å². The molecule has 0 aliphatic rings. The van der Waals surface area contributed by atoms with Crippen LogP contribution in [0.2, 0.25) is 5.02 Å². The first-order valence-electron chi connectivity index (χ1n) is 4.44. The molecule has 0 bridgehead atoms. The van der Waals surface area contributed by atoms with Gasteiger partial charge in [0.2, 0.25) is 0 Å². The van der Waals surface area contributed by atoms with Crippen molar-refractivity contribution in [1.82, 2.24) is 0 Å². The molecule has 15 heavy (non-hydrogen) atoms. The highest BCUT2D eigenvalue weighted by Crippen LogP contribution is 2.27. The Labute approximate surface area is 102 Å². The Morgan fingerprint density at radius 1 is 1.60 bits per heavy atom. The molecule has 2 N–H and O–H groups in total. The van der Waals surface area contributed by atoms with Gasteiger partial charge in [0.15, 0.2) is 0 Å². The van der Waals surface area contributed by atoms with Crippen molar-refractivity contribution in [3.8, 4) is 6.07 Å². The van der Waals surface area contributed by atoms with Crippen molar-refractivity contribution in [3.63, 3.8) is 0 Å². The van der Waals surface area contributed by atoms with Crippen LogP contribution >= 0.6 is 27.5 Å². The molecule has 2 nitrogen and oxygen atoms in total. The predicted molar refractivity (Wildman–Crippen MR) is 66.2 cm³/mol. The lowest BCUT2D eigenvalue weighted by atomic mass is 10.1. The van der Waals surface area contributed by atoms with Gasteiger partial charge in [0, 0.05) is 15.1 Å². The van der Waals surface area contributed by atoms with Crippen LogP contribution in [0.1, 0.15) is 18.9 Å². The molecule has 1 aromatic carbocycles. The molecular formula is C11H10BrClN2. The molecule has 0 aromatic heterocycles. The van der Waals surface area contributed by atoms with Gasteiger partial charge in [0.05, 0.1) is 17.3 Å². The summed E-state index contributed by atoms with van der Waals surface area (Å²) in [4.78, 5) is 0. The lowest BCUT2D eigenvalue weighted by Gasteiger charge is -2.07. The predicted octanol–water partition coefficient (Wildman–Crippen LogP) is 3.71. The molecule has 78 valence electrons. The molecule has 0 aliphatic carbocycles. The lowest BCUT2D eigenvalue weighted by Crippen LogP contribution is -2.01. The minimum absolute atomic E-state index is 0.503. The molecule has 0 unspecified atom stereocenters. The zero-order valence-corrected chi connectivity index (χ0v) is 10.6. The number of rotatable bonds is 2. The molecule has 0 heterocycles. The van der Waals surface area contributed by atoms with Crippen LogP contribution in [-0.2, 0) is 0 Å². The average Bonchev–Trinajstić information content (AvgIpc) is 2.19. The van der Waals surface area contributed by atoms with Crippen LogP contribution in [0, 0.1) is 11.3 Å². The van der Waals surface area contributed by atoms with Crippen molar-refractivity contribution < 1.29 is 0 Å². The Balaban J connectivity index is 3.29. The van der Waals surface area contributed by atoms with Crippen molar-refractivity contribution in [1.29, 1.82) is 5.26 Å². The highest BCUT2D eigenvalue weighted by molar-refractivity contribution is 9.10. The van der Waals surface area contributed by atoms with E-state index in [1.807, 2.05) is 6.92 Å². The van der Waals surface area contributed by atoms with Crippen molar-refractivity contribution >= 4 is 33.2 Å². The average molecular weight is 286 g/mol. The zero-order valence-electron chi connectivity index (χ0n) is 8.22. The smallest absolute Gasteiger partial charge is 0.0968 e. The fourth-order valence-corrected chi connectivity index (χ4v) is 2.10. The number of nitriles is 1. The molecule has 1 aromatic rings. The number of hydrogen-bond acceptors (Lipinski definition) is 2. The Bertz CT molecular complexity index is 446. The third-order valence-corrected chi connectivity index (χ3v) is 2.93. The second-order valence-electron chi connectivity index (χ2n) is 2.98. The van der Waals surface area contributed by atoms with Gasteiger partial charge in [-0.2, -0.15) is 5.26 Å². The largest absolute Gasteiger partial charge is 0.397 e. The highest BCUT2D eigenvalue weighted by atomic mass is 79.9. The summed E-state index contributed by atoms with van der Waals surface area (Å²) in [5.74, 6) is 0. The molecule has 0 aliphatic heterocycles. The third-order valence-electron chi connectivity index (χ3n) is 2.03. The number of benzene rings is 1. The van der Waals surface area contributed by atoms with E-state index in [2.05, 4.69) is 22.0 Å². The van der Waals surface area contributed by atoms with Gasteiger partial charge in [-0.25, -0.2) is 0 Å². The van der Waals surface area contributed by atoms with Gasteiger partial charge >= 0.3 is 0 Å². The Morgan fingerprint density at radius 2 is 2.27 bits per heavy atom. The summed E-state index contributed by atoms with van der Waals surface area (Å²) in [5.41, 5.74) is 7.78. The summed E-state index contributed by atoms with van der Waals surface area (Å²) < 4.78 is 0.800. The van der Waals surface area contributed by atoms with Crippen LogP contribution < -0.4 is 5.73 Å². The van der Waals surface area contributed by atoms with E-state index in [1.54, 1.807) is 18.2 Å². The fourth-order valence-electron chi connectivity index (χ4n) is 1.20. The number of nitrogens with two attached hydrogens (primary N) is 1. The highest BCUT2D eigenvalue weighted by Gasteiger charge is 2.07. The van der Waals surface area contributed by atoms with Gasteiger partial charge in [-0.1, -0.05) is 40.5 Å². The van der Waals surface area contributed by atoms with Gasteiger partial charge in [0.1, 0.15) is 0 Å². The lowest BCUT2D eigenvalue weighted by molar-refractivity contribution is 1.14. The molecule has 4 heteroatoms. The third kappa shape index (κ3) is 2.74. The number of allylic oxidation sites excluding steroid dienone is 1. The first kappa shape index (κ1) is 12.1. The molecule has 0 fully saturated rings. The van der Waals surface area contributed by atoms with Crippen molar-refractivity contribution in [2.75, 3.05) is 0 Å². The second-order valence-corrected chi connectivity index (χ2v) is 4.27. The summed E-state index contributed by atoms with van der Waals surface area (Å²) >= 11 is 9.18. The Kier molecular flexibility index (Phi) is 4.19. The van der Waals surface area contributed by atoms with Crippen LogP contribution in [0.15, 0.2) is 28.2 Å². The zero-order chi connectivity index (χ0) is 11.4. The summed E-state index contributed by atoms with van der Waals surface area (Å²) in [5, 5.41) is 9.51. The van der Waals surface area contributed by atoms with E-state index in [4.69, 9.17) is 22.6 Å². The Hall–Kier alpha value is -0.980. The molecule has 0 amide bonds. The number of nitrogens with zero attached hydrogens (tertiary/aromatic N) is 1. The molecule has 1 rings (SSSR count). The number of halogens is 2. The summed E-state index contributed by atoms with van der Waals surface area (Å²) in [6, 6.07) is 7.40. The van der Waals surface area contributed by atoms with Gasteiger partial charge in [-0.3, -0.25) is 0 Å². The van der Waals surface area contributed by atoms with E-state index in [0.29, 0.717) is 22.7 Å². The van der Waals surface area contributed by atoms with E-state index >= 15 is 0 Å². The Morgan fingerprint density at radius 3 is 2.73 bits per heavy atom. The maximum absolute atomic E-state index is 8.87. The second kappa shape index (κ2) is 5.20. The van der Waals surface area contributed by atoms with Gasteiger partial charge < -0.3 is 5.73 Å². The topological polar surface area (TPSA) is 49.8 Å². The monoisotopic (exact) mass is 284 g/mol. The summed E-state index contributed by atoms with van der Waals surface area (Å²) in [6.45, 7) is 1.90. The number of hydrogen-bond donors (Lipinski definition) is 1. The summed E-state index contributed by atoms with van der Waals surface area (Å²) in [7, 11) is 0. The quantitative estimate of drug-likeness (QED) is 0.842. The SMILES string of the molecule is CC/C(C#N)=C(/N)c1ccc(Cl)cc1Br. The van der Waals surface area contributed by atoms with Crippen LogP contribution in [0.3, 0.4) is 0 Å². The van der Waals surface area contributed by atoms with E-state index < -0.39 is 0 Å². The summed E-state index contributed by atoms with van der Waals surface area (Å²) in [6.07, 6.45) is 0.622. The van der Waals surface area contributed by atoms with Crippen LogP contribution in [-0.4, -0.2) is 0 Å². The van der Waals surface area contributed by atoms with E-state index in [0.717, 1.165) is 10.0 Å². The molecule has 0 saturated heterocycles. The normalized spacial score (nSPS) is 11.9. The first-order valence-corrected chi connectivity index (χ1v) is 5.61. The first-order chi connectivity index (χ1) is 7.10. The molecule has 0 saturated carbocycles. The molecule has 0 radical (unpaired) electrons. The maximum Gasteiger partial charge on any atom is 0.0968 e. The standard InChI is InChI=1S/C11H10BrClN2/c1-2-7(6-14)11(15)9-4-3-8(13)5-10(9)12/h3-5H,2,15H2,1H3/b11-7-.